The molecule has 1 heterocycles. The Kier molecular flexibility index (Phi) is 8.47. The molecule has 20 heavy (non-hydrogen) atoms. The van der Waals surface area contributed by atoms with E-state index in [-0.39, 0.29) is 12.4 Å². The molecular weight excluding hydrogens is 270 g/mol. The minimum Gasteiger partial charge on any atom is -0.303 e. The van der Waals surface area contributed by atoms with Crippen LogP contribution in [0.1, 0.15) is 64.7 Å². The van der Waals surface area contributed by atoms with Crippen LogP contribution < -0.4 is 0 Å². The van der Waals surface area contributed by atoms with Crippen molar-refractivity contribution in [2.45, 2.75) is 64.7 Å². The number of allylic oxidation sites excluding steroid dienone is 2. The highest BCUT2D eigenvalue weighted by molar-refractivity contribution is 5.99. The van der Waals surface area contributed by atoms with Gasteiger partial charge in [-0.3, -0.25) is 4.79 Å². The number of nitrogens with zero attached hydrogens (tertiary/aromatic N) is 1. The molecule has 0 spiro atoms. The maximum atomic E-state index is 12.3. The van der Waals surface area contributed by atoms with Gasteiger partial charge >= 0.3 is 0 Å². The van der Waals surface area contributed by atoms with E-state index in [0.717, 1.165) is 31.4 Å². The van der Waals surface area contributed by atoms with Gasteiger partial charge in [0.05, 0.1) is 0 Å². The van der Waals surface area contributed by atoms with E-state index >= 15 is 0 Å². The number of rotatable bonds is 7. The lowest BCUT2D eigenvalue weighted by atomic mass is 10.0. The van der Waals surface area contributed by atoms with Crippen molar-refractivity contribution < 1.29 is 4.79 Å². The summed E-state index contributed by atoms with van der Waals surface area (Å²) in [7, 11) is 0. The Morgan fingerprint density at radius 3 is 2.65 bits per heavy atom. The van der Waals surface area contributed by atoms with Crippen LogP contribution in [0.5, 0.6) is 0 Å². The number of hydrogen-bond donors (Lipinski definition) is 0. The molecule has 1 saturated heterocycles. The zero-order valence-corrected chi connectivity index (χ0v) is 13.7. The monoisotopic (exact) mass is 299 g/mol. The first kappa shape index (κ1) is 17.7. The number of likely N-dealkylation sites (tertiary alicyclic amines) is 1. The molecule has 2 rings (SSSR count). The summed E-state index contributed by atoms with van der Waals surface area (Å²) in [6.45, 7) is 5.67. The summed E-state index contributed by atoms with van der Waals surface area (Å²) >= 11 is 0. The summed E-state index contributed by atoms with van der Waals surface area (Å²) in [5.74, 6) is 0.766. The van der Waals surface area contributed by atoms with Crippen molar-refractivity contribution in [3.63, 3.8) is 0 Å². The molecule has 0 N–H and O–H groups in total. The molecule has 0 aromatic rings. The van der Waals surface area contributed by atoms with Crippen LogP contribution in [0, 0.1) is 5.92 Å². The molecule has 1 atom stereocenters. The van der Waals surface area contributed by atoms with Crippen LogP contribution in [0.3, 0.4) is 0 Å². The van der Waals surface area contributed by atoms with E-state index in [1.807, 2.05) is 0 Å². The zero-order valence-electron chi connectivity index (χ0n) is 12.9. The van der Waals surface area contributed by atoms with Gasteiger partial charge in [0.25, 0.3) is 0 Å². The molecule has 2 fully saturated rings. The molecule has 1 saturated carbocycles. The second-order valence-electron chi connectivity index (χ2n) is 6.19. The Morgan fingerprint density at radius 2 is 1.95 bits per heavy atom. The third-order valence-corrected chi connectivity index (χ3v) is 4.58. The van der Waals surface area contributed by atoms with Gasteiger partial charge < -0.3 is 4.90 Å². The fraction of sp³-hybridized carbons (Fsp3) is 0.824. The van der Waals surface area contributed by atoms with E-state index in [2.05, 4.69) is 17.9 Å². The minimum absolute atomic E-state index is 0. The van der Waals surface area contributed by atoms with E-state index in [1.54, 1.807) is 0 Å². The van der Waals surface area contributed by atoms with Crippen molar-refractivity contribution in [3.05, 3.63) is 11.6 Å². The summed E-state index contributed by atoms with van der Waals surface area (Å²) < 4.78 is 0. The lowest BCUT2D eigenvalue weighted by molar-refractivity contribution is -0.118. The van der Waals surface area contributed by atoms with Gasteiger partial charge in [0, 0.05) is 12.5 Å². The van der Waals surface area contributed by atoms with Crippen molar-refractivity contribution in [3.8, 4) is 0 Å². The first-order chi connectivity index (χ1) is 9.31. The number of carbonyl (C=O) groups excluding carboxylic acids is 1. The molecule has 1 aliphatic heterocycles. The molecule has 0 aromatic carbocycles. The van der Waals surface area contributed by atoms with Crippen LogP contribution in [0.2, 0.25) is 0 Å². The molecule has 0 radical (unpaired) electrons. The molecule has 0 bridgehead atoms. The molecular formula is C17H30ClNO. The van der Waals surface area contributed by atoms with Crippen LogP contribution in [-0.2, 0) is 4.79 Å². The number of Topliss-reactive ketones (excluding diaryl/α,β-unsaturated/α-hetero) is 1. The summed E-state index contributed by atoms with van der Waals surface area (Å²) in [4.78, 5) is 14.8. The average Bonchev–Trinajstić information content (AvgIpc) is 3.03. The Hall–Kier alpha value is -0.340. The summed E-state index contributed by atoms with van der Waals surface area (Å²) in [6, 6.07) is 0. The van der Waals surface area contributed by atoms with Gasteiger partial charge in [-0.25, -0.2) is 0 Å². The van der Waals surface area contributed by atoms with Gasteiger partial charge in [0.15, 0.2) is 5.78 Å². The van der Waals surface area contributed by atoms with Crippen molar-refractivity contribution in [1.29, 1.82) is 0 Å². The standard InChI is InChI=1S/C17H29NO.ClH/c1-2-3-4-5-6-9-15-10-11-16(17(15)19)14-18-12-7-8-13-18;/h9,16H,2-8,10-14H2,1H3;1H/b15-9+;. The molecule has 0 aromatic heterocycles. The number of carbonyl (C=O) groups is 1. The SMILES string of the molecule is CCCCCC/C=C1\CCC(CN2CCCC2)C1=O.Cl. The lowest BCUT2D eigenvalue weighted by Crippen LogP contribution is -2.28. The quantitative estimate of drug-likeness (QED) is 0.513. The molecule has 116 valence electrons. The Morgan fingerprint density at radius 1 is 1.20 bits per heavy atom. The van der Waals surface area contributed by atoms with Crippen LogP contribution >= 0.6 is 12.4 Å². The van der Waals surface area contributed by atoms with Crippen LogP contribution in [-0.4, -0.2) is 30.3 Å². The van der Waals surface area contributed by atoms with Gasteiger partial charge in [0.1, 0.15) is 0 Å². The Labute approximate surface area is 130 Å². The fourth-order valence-electron chi connectivity index (χ4n) is 3.35. The second kappa shape index (κ2) is 9.57. The molecule has 1 unspecified atom stereocenters. The smallest absolute Gasteiger partial charge is 0.162 e. The van der Waals surface area contributed by atoms with Crippen molar-refractivity contribution in [2.24, 2.45) is 5.92 Å². The Bertz CT molecular complexity index is 321. The van der Waals surface area contributed by atoms with E-state index in [0.29, 0.717) is 11.7 Å². The van der Waals surface area contributed by atoms with Crippen LogP contribution in [0.15, 0.2) is 11.6 Å². The van der Waals surface area contributed by atoms with Gasteiger partial charge in [-0.05, 0) is 57.2 Å². The topological polar surface area (TPSA) is 20.3 Å². The summed E-state index contributed by atoms with van der Waals surface area (Å²) in [5, 5.41) is 0. The highest BCUT2D eigenvalue weighted by Crippen LogP contribution is 2.29. The second-order valence-corrected chi connectivity index (χ2v) is 6.19. The number of unbranched alkanes of at least 4 members (excludes halogenated alkanes) is 4. The van der Waals surface area contributed by atoms with Crippen molar-refractivity contribution in [1.82, 2.24) is 4.90 Å². The Balaban J connectivity index is 0.00000200. The number of halogens is 1. The highest BCUT2D eigenvalue weighted by atomic mass is 35.5. The average molecular weight is 300 g/mol. The molecule has 1 aliphatic carbocycles. The first-order valence-electron chi connectivity index (χ1n) is 8.27. The molecule has 3 heteroatoms. The predicted octanol–water partition coefficient (Wildman–Crippen LogP) is 4.38. The summed E-state index contributed by atoms with van der Waals surface area (Å²) in [6.07, 6.45) is 13.3. The van der Waals surface area contributed by atoms with E-state index in [1.165, 1.54) is 51.6 Å². The van der Waals surface area contributed by atoms with Gasteiger partial charge in [-0.1, -0.05) is 32.3 Å². The van der Waals surface area contributed by atoms with Crippen molar-refractivity contribution >= 4 is 18.2 Å². The van der Waals surface area contributed by atoms with Crippen LogP contribution in [0.4, 0.5) is 0 Å². The largest absolute Gasteiger partial charge is 0.303 e. The van der Waals surface area contributed by atoms with E-state index in [4.69, 9.17) is 0 Å². The maximum absolute atomic E-state index is 12.3. The molecule has 2 nitrogen and oxygen atoms in total. The molecule has 0 amide bonds. The third-order valence-electron chi connectivity index (χ3n) is 4.58. The van der Waals surface area contributed by atoms with Gasteiger partial charge in [-0.2, -0.15) is 0 Å². The predicted molar refractivity (Wildman–Crippen MR) is 87.5 cm³/mol. The number of ketones is 1. The summed E-state index contributed by atoms with van der Waals surface area (Å²) in [5.41, 5.74) is 1.14. The van der Waals surface area contributed by atoms with Gasteiger partial charge in [0.2, 0.25) is 0 Å². The van der Waals surface area contributed by atoms with Crippen molar-refractivity contribution in [2.75, 3.05) is 19.6 Å². The first-order valence-corrected chi connectivity index (χ1v) is 8.27. The van der Waals surface area contributed by atoms with Gasteiger partial charge in [-0.15, -0.1) is 12.4 Å². The maximum Gasteiger partial charge on any atom is 0.162 e. The highest BCUT2D eigenvalue weighted by Gasteiger charge is 2.30. The number of hydrogen-bond acceptors (Lipinski definition) is 2. The minimum atomic E-state index is 0. The normalized spacial score (nSPS) is 25.4. The fourth-order valence-corrected chi connectivity index (χ4v) is 3.35. The van der Waals surface area contributed by atoms with Crippen LogP contribution in [0.25, 0.3) is 0 Å². The van der Waals surface area contributed by atoms with E-state index < -0.39 is 0 Å². The van der Waals surface area contributed by atoms with E-state index in [9.17, 15) is 4.79 Å². The molecule has 2 aliphatic rings. The third kappa shape index (κ3) is 5.21. The lowest BCUT2D eigenvalue weighted by Gasteiger charge is -2.18. The zero-order chi connectivity index (χ0) is 13.5.